The molecule has 0 spiro atoms. The largest absolute Gasteiger partial charge is 0.336 e. The van der Waals surface area contributed by atoms with E-state index in [1.54, 1.807) is 0 Å². The maximum absolute atomic E-state index is 4.03. The molecule has 0 bridgehead atoms. The summed E-state index contributed by atoms with van der Waals surface area (Å²) in [6, 6.07) is 0. The molecule has 2 rings (SSSR count). The first-order valence-corrected chi connectivity index (χ1v) is 5.21. The molecule has 0 amide bonds. The molecular weight excluding hydrogens is 176 g/mol. The van der Waals surface area contributed by atoms with Crippen molar-refractivity contribution >= 4 is 0 Å². The number of piperazine rings is 1. The Balaban J connectivity index is 1.71. The highest BCUT2D eigenvalue weighted by atomic mass is 15.3. The van der Waals surface area contributed by atoms with E-state index in [0.29, 0.717) is 0 Å². The summed E-state index contributed by atoms with van der Waals surface area (Å²) in [4.78, 5) is 8.93. The minimum atomic E-state index is 1.06. The van der Waals surface area contributed by atoms with Crippen molar-refractivity contribution < 1.29 is 0 Å². The summed E-state index contributed by atoms with van der Waals surface area (Å²) in [6.45, 7) is 7.00. The van der Waals surface area contributed by atoms with Gasteiger partial charge in [-0.15, -0.1) is 0 Å². The molecule has 0 N–H and O–H groups in total. The Hall–Kier alpha value is -0.870. The van der Waals surface area contributed by atoms with Crippen LogP contribution in [0.25, 0.3) is 0 Å². The third-order valence-electron chi connectivity index (χ3n) is 2.83. The van der Waals surface area contributed by atoms with E-state index < -0.39 is 0 Å². The lowest BCUT2D eigenvalue weighted by Crippen LogP contribution is -2.45. The van der Waals surface area contributed by atoms with Crippen molar-refractivity contribution in [2.75, 3.05) is 39.8 Å². The number of aromatic nitrogens is 2. The van der Waals surface area contributed by atoms with Gasteiger partial charge in [0.2, 0.25) is 0 Å². The third kappa shape index (κ3) is 2.56. The molecule has 14 heavy (non-hydrogen) atoms. The lowest BCUT2D eigenvalue weighted by Gasteiger charge is -2.32. The van der Waals surface area contributed by atoms with E-state index in [-0.39, 0.29) is 0 Å². The average molecular weight is 194 g/mol. The Labute approximate surface area is 85.1 Å². The predicted octanol–water partition coefficient (Wildman–Crippen LogP) is 0.130. The van der Waals surface area contributed by atoms with Crippen molar-refractivity contribution in [3.8, 4) is 0 Å². The SMILES string of the molecule is CN1CCN(CCn2ccnc2)CC1. The van der Waals surface area contributed by atoms with Crippen LogP contribution < -0.4 is 0 Å². The molecule has 0 atom stereocenters. The zero-order chi connectivity index (χ0) is 9.80. The van der Waals surface area contributed by atoms with Gasteiger partial charge in [0, 0.05) is 51.7 Å². The minimum absolute atomic E-state index is 1.06. The highest BCUT2D eigenvalue weighted by Crippen LogP contribution is 1.99. The van der Waals surface area contributed by atoms with Crippen LogP contribution >= 0.6 is 0 Å². The van der Waals surface area contributed by atoms with Crippen molar-refractivity contribution in [3.05, 3.63) is 18.7 Å². The molecule has 1 aliphatic rings. The van der Waals surface area contributed by atoms with Crippen LogP contribution in [0, 0.1) is 0 Å². The van der Waals surface area contributed by atoms with Crippen LogP contribution in [-0.4, -0.2) is 59.1 Å². The van der Waals surface area contributed by atoms with Gasteiger partial charge in [0.15, 0.2) is 0 Å². The molecule has 78 valence electrons. The van der Waals surface area contributed by atoms with Gasteiger partial charge in [0.1, 0.15) is 0 Å². The third-order valence-corrected chi connectivity index (χ3v) is 2.83. The molecule has 1 aromatic heterocycles. The van der Waals surface area contributed by atoms with E-state index >= 15 is 0 Å². The first-order chi connectivity index (χ1) is 6.84. The number of hydrogen-bond acceptors (Lipinski definition) is 3. The molecule has 1 saturated heterocycles. The van der Waals surface area contributed by atoms with Crippen LogP contribution in [0.5, 0.6) is 0 Å². The summed E-state index contributed by atoms with van der Waals surface area (Å²) < 4.78 is 2.14. The fourth-order valence-corrected chi connectivity index (χ4v) is 1.75. The summed E-state index contributed by atoms with van der Waals surface area (Å²) >= 11 is 0. The Morgan fingerprint density at radius 2 is 1.93 bits per heavy atom. The minimum Gasteiger partial charge on any atom is -0.336 e. The second-order valence-corrected chi connectivity index (χ2v) is 3.95. The monoisotopic (exact) mass is 194 g/mol. The smallest absolute Gasteiger partial charge is 0.0946 e. The van der Waals surface area contributed by atoms with Gasteiger partial charge in [0.05, 0.1) is 6.33 Å². The number of likely N-dealkylation sites (N-methyl/N-ethyl adjacent to an activating group) is 1. The van der Waals surface area contributed by atoms with E-state index in [1.165, 1.54) is 26.2 Å². The van der Waals surface area contributed by atoms with Gasteiger partial charge in [-0.2, -0.15) is 0 Å². The molecule has 2 heterocycles. The lowest BCUT2D eigenvalue weighted by molar-refractivity contribution is 0.150. The van der Waals surface area contributed by atoms with Gasteiger partial charge < -0.3 is 9.47 Å². The average Bonchev–Trinajstić information content (AvgIpc) is 2.70. The van der Waals surface area contributed by atoms with Crippen LogP contribution in [0.2, 0.25) is 0 Å². The molecule has 0 aromatic carbocycles. The molecule has 1 fully saturated rings. The Bertz CT molecular complexity index is 249. The molecule has 1 aliphatic heterocycles. The van der Waals surface area contributed by atoms with Gasteiger partial charge >= 0.3 is 0 Å². The van der Waals surface area contributed by atoms with Crippen LogP contribution in [0.15, 0.2) is 18.7 Å². The lowest BCUT2D eigenvalue weighted by atomic mass is 10.3. The Kier molecular flexibility index (Phi) is 3.16. The summed E-state index contributed by atoms with van der Waals surface area (Å²) in [5, 5.41) is 0. The zero-order valence-corrected chi connectivity index (χ0v) is 8.76. The van der Waals surface area contributed by atoms with E-state index in [4.69, 9.17) is 0 Å². The van der Waals surface area contributed by atoms with Gasteiger partial charge in [0.25, 0.3) is 0 Å². The fourth-order valence-electron chi connectivity index (χ4n) is 1.75. The van der Waals surface area contributed by atoms with Gasteiger partial charge in [-0.1, -0.05) is 0 Å². The van der Waals surface area contributed by atoms with E-state index in [1.807, 2.05) is 18.7 Å². The Morgan fingerprint density at radius 1 is 1.14 bits per heavy atom. The van der Waals surface area contributed by atoms with Crippen molar-refractivity contribution in [1.29, 1.82) is 0 Å². The summed E-state index contributed by atoms with van der Waals surface area (Å²) in [6.07, 6.45) is 5.75. The predicted molar refractivity (Wildman–Crippen MR) is 56.2 cm³/mol. The Morgan fingerprint density at radius 3 is 2.57 bits per heavy atom. The first-order valence-electron chi connectivity index (χ1n) is 5.21. The van der Waals surface area contributed by atoms with Crippen LogP contribution in [0.4, 0.5) is 0 Å². The number of rotatable bonds is 3. The van der Waals surface area contributed by atoms with Gasteiger partial charge in [-0.3, -0.25) is 4.90 Å². The topological polar surface area (TPSA) is 24.3 Å². The maximum Gasteiger partial charge on any atom is 0.0946 e. The van der Waals surface area contributed by atoms with Gasteiger partial charge in [-0.25, -0.2) is 4.98 Å². The standard InChI is InChI=1S/C10H18N4/c1-12-4-6-13(7-5-12)8-9-14-3-2-11-10-14/h2-3,10H,4-9H2,1H3. The number of nitrogens with zero attached hydrogens (tertiary/aromatic N) is 4. The van der Waals surface area contributed by atoms with Crippen molar-refractivity contribution in [2.45, 2.75) is 6.54 Å². The second-order valence-electron chi connectivity index (χ2n) is 3.95. The van der Waals surface area contributed by atoms with Gasteiger partial charge in [-0.05, 0) is 7.05 Å². The molecule has 0 unspecified atom stereocenters. The van der Waals surface area contributed by atoms with Crippen molar-refractivity contribution in [2.24, 2.45) is 0 Å². The summed E-state index contributed by atoms with van der Waals surface area (Å²) in [5.41, 5.74) is 0. The molecule has 1 aromatic rings. The highest BCUT2D eigenvalue weighted by molar-refractivity contribution is 4.75. The molecule has 0 radical (unpaired) electrons. The molecule has 4 heteroatoms. The first kappa shape index (κ1) is 9.68. The number of hydrogen-bond donors (Lipinski definition) is 0. The summed E-state index contributed by atoms with van der Waals surface area (Å²) in [5.74, 6) is 0. The number of imidazole rings is 1. The summed E-state index contributed by atoms with van der Waals surface area (Å²) in [7, 11) is 2.19. The molecular formula is C10H18N4. The maximum atomic E-state index is 4.03. The molecule has 0 saturated carbocycles. The van der Waals surface area contributed by atoms with Crippen molar-refractivity contribution in [3.63, 3.8) is 0 Å². The zero-order valence-electron chi connectivity index (χ0n) is 8.76. The second kappa shape index (κ2) is 4.57. The van der Waals surface area contributed by atoms with Crippen LogP contribution in [0.1, 0.15) is 0 Å². The molecule has 4 nitrogen and oxygen atoms in total. The fraction of sp³-hybridized carbons (Fsp3) is 0.700. The van der Waals surface area contributed by atoms with Crippen LogP contribution in [-0.2, 0) is 6.54 Å². The molecule has 0 aliphatic carbocycles. The highest BCUT2D eigenvalue weighted by Gasteiger charge is 2.12. The van der Waals surface area contributed by atoms with E-state index in [9.17, 15) is 0 Å². The van der Waals surface area contributed by atoms with E-state index in [0.717, 1.165) is 13.1 Å². The van der Waals surface area contributed by atoms with Crippen molar-refractivity contribution in [1.82, 2.24) is 19.4 Å². The van der Waals surface area contributed by atoms with E-state index in [2.05, 4.69) is 26.4 Å². The van der Waals surface area contributed by atoms with Crippen LogP contribution in [0.3, 0.4) is 0 Å². The quantitative estimate of drug-likeness (QED) is 0.683. The normalized spacial score (nSPS) is 20.1.